The molecule has 16 nitrogen and oxygen atoms in total. The lowest BCUT2D eigenvalue weighted by molar-refractivity contribution is -0.134. The Morgan fingerprint density at radius 1 is 1.01 bits per heavy atom. The standard InChI is InChI=1S/C49H69N11O2S.C6H10N2O/c1-7-32(3)46(62)56(6)40-28-36(12-11-33(40)4)35-16-20-57(21-17-35)30-34-14-22-59(23-15-34)42(61)31-58-24-26-60(27-25-58)48-52-19-13-39(54-48)44-38(8-2)53-47(55-44)49(5)18-9-10-41-43(49)37(29-50)45(51)63-41;1-4-2-3-5(9)8-6(4)7/h11-13,19,28,32,34-35,47,53,55H,7-10,14-18,20-27,30-31,51H2,1-6H3;4H,2-3H2,1H3,(H2,7,8,9)/t32?,47?,49-;/m0./s1. The Kier molecular flexibility index (Phi) is 16.9. The van der Waals surface area contributed by atoms with Crippen molar-refractivity contribution >= 4 is 57.2 Å². The van der Waals surface area contributed by atoms with E-state index in [0.29, 0.717) is 47.1 Å². The Morgan fingerprint density at radius 2 is 1.75 bits per heavy atom. The van der Waals surface area contributed by atoms with Crippen molar-refractivity contribution in [2.24, 2.45) is 17.8 Å². The number of amides is 3. The summed E-state index contributed by atoms with van der Waals surface area (Å²) < 4.78 is 0. The molecule has 9 rings (SSSR count). The highest BCUT2D eigenvalue weighted by Crippen LogP contribution is 2.48. The van der Waals surface area contributed by atoms with Gasteiger partial charge in [0.25, 0.3) is 0 Å². The first-order valence-electron chi connectivity index (χ1n) is 26.8. The molecule has 4 atom stereocenters. The van der Waals surface area contributed by atoms with E-state index in [4.69, 9.17) is 21.1 Å². The number of carbonyl (C=O) groups excluding carboxylic acids is 3. The zero-order valence-corrected chi connectivity index (χ0v) is 44.7. The maximum absolute atomic E-state index is 13.6. The Bertz CT molecular complexity index is 2530. The first kappa shape index (κ1) is 52.7. The molecule has 1 aliphatic carbocycles. The topological polar surface area (TPSA) is 203 Å². The van der Waals surface area contributed by atoms with Gasteiger partial charge in [-0.1, -0.05) is 46.8 Å². The molecule has 6 aliphatic rings. The number of benzene rings is 1. The lowest BCUT2D eigenvalue weighted by atomic mass is 9.70. The van der Waals surface area contributed by atoms with Crippen LogP contribution in [0.2, 0.25) is 0 Å². The summed E-state index contributed by atoms with van der Waals surface area (Å²) >= 11 is 1.57. The van der Waals surface area contributed by atoms with E-state index in [1.54, 1.807) is 11.3 Å². The quantitative estimate of drug-likeness (QED) is 0.125. The van der Waals surface area contributed by atoms with Crippen LogP contribution in [-0.2, 0) is 26.2 Å². The highest BCUT2D eigenvalue weighted by atomic mass is 32.1. The van der Waals surface area contributed by atoms with Crippen molar-refractivity contribution in [1.29, 1.82) is 10.7 Å². The van der Waals surface area contributed by atoms with E-state index < -0.39 is 0 Å². The number of nitrogens with two attached hydrogens (primary N) is 1. The van der Waals surface area contributed by atoms with Crippen LogP contribution >= 0.6 is 11.3 Å². The highest BCUT2D eigenvalue weighted by molar-refractivity contribution is 7.16. The van der Waals surface area contributed by atoms with E-state index in [9.17, 15) is 19.6 Å². The lowest BCUT2D eigenvalue weighted by Crippen LogP contribution is -2.52. The number of amidine groups is 1. The molecule has 4 saturated heterocycles. The molecule has 6 N–H and O–H groups in total. The minimum absolute atomic E-state index is 0.0156. The number of hydrogen-bond acceptors (Lipinski definition) is 14. The second-order valence-corrected chi connectivity index (χ2v) is 22.6. The first-order valence-corrected chi connectivity index (χ1v) is 27.6. The number of allylic oxidation sites excluding steroid dienone is 1. The van der Waals surface area contributed by atoms with Gasteiger partial charge in [0.2, 0.25) is 23.7 Å². The average Bonchev–Trinajstić information content (AvgIpc) is 4.00. The Hall–Kier alpha value is -5.57. The van der Waals surface area contributed by atoms with Crippen LogP contribution in [0.1, 0.15) is 138 Å². The molecule has 5 aliphatic heterocycles. The first-order chi connectivity index (χ1) is 34.6. The van der Waals surface area contributed by atoms with Crippen LogP contribution in [0.4, 0.5) is 16.6 Å². The predicted octanol–water partition coefficient (Wildman–Crippen LogP) is 6.95. The van der Waals surface area contributed by atoms with Crippen LogP contribution in [-0.4, -0.2) is 127 Å². The summed E-state index contributed by atoms with van der Waals surface area (Å²) in [5, 5.41) is 27.9. The van der Waals surface area contributed by atoms with Gasteiger partial charge in [0.15, 0.2) is 0 Å². The van der Waals surface area contributed by atoms with Gasteiger partial charge >= 0.3 is 0 Å². The monoisotopic (exact) mass is 1000 g/mol. The summed E-state index contributed by atoms with van der Waals surface area (Å²) in [6, 6.07) is 11.1. The summed E-state index contributed by atoms with van der Waals surface area (Å²) in [4.78, 5) is 59.2. The Labute approximate surface area is 431 Å². The van der Waals surface area contributed by atoms with Gasteiger partial charge in [-0.25, -0.2) is 9.97 Å². The SMILES string of the molecule is CC1CCC(=O)NC1=N.CCC1=C(c2ccnc(N3CCN(CC(=O)N4CCC(CN5CCC(c6ccc(C)c(N(C)C(=O)C(C)CC)c6)CC5)CC4)CC3)n2)NC([C@@]2(C)CCCc3sc(N)c(C#N)c32)N1. The number of piperidine rings is 3. The number of rotatable bonds is 12. The van der Waals surface area contributed by atoms with Crippen molar-refractivity contribution in [2.45, 2.75) is 130 Å². The smallest absolute Gasteiger partial charge is 0.236 e. The minimum Gasteiger partial charge on any atom is -0.389 e. The molecular formula is C55H79N13O3S. The molecule has 0 bridgehead atoms. The van der Waals surface area contributed by atoms with Crippen LogP contribution in [0.25, 0.3) is 5.70 Å². The molecule has 7 heterocycles. The lowest BCUT2D eigenvalue weighted by Gasteiger charge is -2.40. The third kappa shape index (κ3) is 11.6. The third-order valence-corrected chi connectivity index (χ3v) is 17.8. The highest BCUT2D eigenvalue weighted by Gasteiger charge is 2.46. The molecule has 388 valence electrons. The van der Waals surface area contributed by atoms with E-state index in [1.165, 1.54) is 10.4 Å². The van der Waals surface area contributed by atoms with Crippen molar-refractivity contribution in [3.63, 3.8) is 0 Å². The minimum atomic E-state index is -0.295. The molecular weight excluding hydrogens is 923 g/mol. The van der Waals surface area contributed by atoms with Crippen molar-refractivity contribution in [3.8, 4) is 6.07 Å². The third-order valence-electron chi connectivity index (χ3n) is 16.7. The maximum Gasteiger partial charge on any atom is 0.236 e. The number of thiophene rings is 1. The Morgan fingerprint density at radius 3 is 2.42 bits per heavy atom. The maximum atomic E-state index is 13.6. The average molecular weight is 1000 g/mol. The van der Waals surface area contributed by atoms with Gasteiger partial charge in [-0.05, 0) is 125 Å². The number of piperazine rings is 1. The number of nitrogen functional groups attached to an aromatic ring is 1. The van der Waals surface area contributed by atoms with E-state index in [1.807, 2.05) is 38.1 Å². The Balaban J connectivity index is 0.000000695. The molecule has 3 amide bonds. The molecule has 0 spiro atoms. The van der Waals surface area contributed by atoms with Crippen molar-refractivity contribution in [2.75, 3.05) is 88.0 Å². The number of nitrogens with zero attached hydrogens (tertiary/aromatic N) is 8. The molecule has 1 aromatic carbocycles. The van der Waals surface area contributed by atoms with Gasteiger partial charge in [0, 0.05) is 99.0 Å². The van der Waals surface area contributed by atoms with E-state index in [0.717, 1.165) is 157 Å². The van der Waals surface area contributed by atoms with E-state index in [-0.39, 0.29) is 41.1 Å². The summed E-state index contributed by atoms with van der Waals surface area (Å²) in [7, 11) is 1.92. The normalized spacial score (nSPS) is 23.8. The predicted molar refractivity (Wildman–Crippen MR) is 288 cm³/mol. The molecule has 3 unspecified atom stereocenters. The number of fused-ring (bicyclic) bond motifs is 1. The van der Waals surface area contributed by atoms with Gasteiger partial charge in [-0.15, -0.1) is 11.3 Å². The summed E-state index contributed by atoms with van der Waals surface area (Å²) in [5.74, 6) is 2.90. The number of likely N-dealkylation sites (tertiary alicyclic amines) is 2. The fraction of sp³-hybridized carbons (Fsp3) is 0.618. The molecule has 3 aromatic rings. The largest absolute Gasteiger partial charge is 0.389 e. The molecule has 17 heteroatoms. The molecule has 72 heavy (non-hydrogen) atoms. The molecule has 4 fully saturated rings. The summed E-state index contributed by atoms with van der Waals surface area (Å²) in [6.07, 6.45) is 12.2. The number of hydrogen-bond donors (Lipinski definition) is 5. The van der Waals surface area contributed by atoms with E-state index in [2.05, 4.69) is 87.5 Å². The van der Waals surface area contributed by atoms with Gasteiger partial charge in [0.05, 0.1) is 23.5 Å². The van der Waals surface area contributed by atoms with Crippen LogP contribution in [0.3, 0.4) is 0 Å². The van der Waals surface area contributed by atoms with Crippen molar-refractivity contribution in [1.82, 2.24) is 40.6 Å². The second-order valence-electron chi connectivity index (χ2n) is 21.5. The van der Waals surface area contributed by atoms with Crippen molar-refractivity contribution < 1.29 is 14.4 Å². The van der Waals surface area contributed by atoms with Gasteiger partial charge < -0.3 is 41.3 Å². The number of aromatic nitrogens is 2. The zero-order chi connectivity index (χ0) is 51.3. The second kappa shape index (κ2) is 23.1. The van der Waals surface area contributed by atoms with Crippen LogP contribution in [0.15, 0.2) is 36.2 Å². The van der Waals surface area contributed by atoms with Crippen LogP contribution in [0, 0.1) is 41.4 Å². The van der Waals surface area contributed by atoms with E-state index >= 15 is 0 Å². The number of nitriles is 1. The molecule has 0 radical (unpaired) electrons. The van der Waals surface area contributed by atoms with Crippen LogP contribution < -0.4 is 31.5 Å². The summed E-state index contributed by atoms with van der Waals surface area (Å²) in [6.45, 7) is 21.1. The number of aryl methyl sites for hydroxylation is 2. The molecule has 0 saturated carbocycles. The molecule has 2 aromatic heterocycles. The van der Waals surface area contributed by atoms with Gasteiger partial charge in [0.1, 0.15) is 23.1 Å². The zero-order valence-electron chi connectivity index (χ0n) is 43.9. The summed E-state index contributed by atoms with van der Waals surface area (Å²) in [5.41, 5.74) is 14.3. The fourth-order valence-electron chi connectivity index (χ4n) is 11.7. The number of carbonyl (C=O) groups is 3. The number of anilines is 3. The van der Waals surface area contributed by atoms with Gasteiger partial charge in [-0.3, -0.25) is 24.7 Å². The number of nitrogens with one attached hydrogen (secondary N) is 4. The van der Waals surface area contributed by atoms with Crippen LogP contribution in [0.5, 0.6) is 0 Å². The fourth-order valence-corrected chi connectivity index (χ4v) is 12.9. The van der Waals surface area contributed by atoms with Crippen molar-refractivity contribution in [3.05, 3.63) is 69.0 Å². The van der Waals surface area contributed by atoms with Gasteiger partial charge in [-0.2, -0.15) is 5.26 Å².